The average Bonchev–Trinajstić information content (AvgIpc) is 2.83. The van der Waals surface area contributed by atoms with E-state index in [1.54, 1.807) is 18.2 Å². The molecule has 0 fully saturated rings. The van der Waals surface area contributed by atoms with Gasteiger partial charge in [0.25, 0.3) is 0 Å². The van der Waals surface area contributed by atoms with Crippen LogP contribution in [-0.4, -0.2) is 0 Å². The monoisotopic (exact) mass is 445 g/mol. The molecular weight excluding hydrogens is 412 g/mol. The molecule has 5 rings (SSSR count). The van der Waals surface area contributed by atoms with Crippen LogP contribution in [0.4, 0.5) is 25.8 Å². The van der Waals surface area contributed by atoms with Crippen molar-refractivity contribution >= 4 is 27.8 Å². The van der Waals surface area contributed by atoms with Gasteiger partial charge in [-0.1, -0.05) is 71.4 Å². The molecule has 4 aromatic rings. The normalized spacial score (nSPS) is 13.2. The van der Waals surface area contributed by atoms with Gasteiger partial charge in [0.1, 0.15) is 11.6 Å². The van der Waals surface area contributed by atoms with Crippen LogP contribution in [0.25, 0.3) is 10.8 Å². The summed E-state index contributed by atoms with van der Waals surface area (Å²) in [7, 11) is 0. The van der Waals surface area contributed by atoms with Crippen molar-refractivity contribution in [2.45, 2.75) is 53.9 Å². The van der Waals surface area contributed by atoms with E-state index in [0.717, 1.165) is 39.0 Å². The second-order valence-electron chi connectivity index (χ2n) is 8.28. The number of fused-ring (bicyclic) bond motifs is 4. The maximum atomic E-state index is 14.3. The Morgan fingerprint density at radius 2 is 1.27 bits per heavy atom. The summed E-state index contributed by atoms with van der Waals surface area (Å²) in [4.78, 5) is 2.11. The highest BCUT2D eigenvalue weighted by molar-refractivity contribution is 5.98. The lowest BCUT2D eigenvalue weighted by Gasteiger charge is -2.42. The predicted molar refractivity (Wildman–Crippen MR) is 138 cm³/mol. The Hall–Kier alpha value is -3.20. The molecule has 0 spiro atoms. The Labute approximate surface area is 196 Å². The van der Waals surface area contributed by atoms with Crippen molar-refractivity contribution in [3.05, 3.63) is 101 Å². The topological polar surface area (TPSA) is 3.24 Å². The average molecular weight is 446 g/mol. The lowest BCUT2D eigenvalue weighted by Crippen LogP contribution is -2.31. The molecule has 0 bridgehead atoms. The third-order valence-electron chi connectivity index (χ3n) is 5.98. The van der Waals surface area contributed by atoms with Crippen molar-refractivity contribution in [1.82, 2.24) is 0 Å². The Bertz CT molecular complexity index is 1260. The summed E-state index contributed by atoms with van der Waals surface area (Å²) in [5.41, 5.74) is 5.69. The van der Waals surface area contributed by atoms with Crippen molar-refractivity contribution in [3.63, 3.8) is 0 Å². The van der Waals surface area contributed by atoms with Gasteiger partial charge in [0.2, 0.25) is 0 Å². The first kappa shape index (κ1) is 24.4. The Morgan fingerprint density at radius 1 is 0.667 bits per heavy atom. The number of hydrogen-bond donors (Lipinski definition) is 0. The summed E-state index contributed by atoms with van der Waals surface area (Å²) in [5.74, 6) is -0.532. The molecule has 3 heteroatoms. The van der Waals surface area contributed by atoms with Crippen LogP contribution in [0.3, 0.4) is 0 Å². The quantitative estimate of drug-likeness (QED) is 0.282. The van der Waals surface area contributed by atoms with Crippen LogP contribution in [0.15, 0.2) is 72.8 Å². The van der Waals surface area contributed by atoms with E-state index in [1.807, 2.05) is 33.8 Å². The smallest absolute Gasteiger partial charge is 0.123 e. The molecule has 0 radical (unpaired) electrons. The first-order valence-electron chi connectivity index (χ1n) is 11.8. The zero-order chi connectivity index (χ0) is 24.3. The molecule has 0 atom stereocenters. The van der Waals surface area contributed by atoms with Gasteiger partial charge < -0.3 is 4.90 Å². The summed E-state index contributed by atoms with van der Waals surface area (Å²) in [6.45, 7) is 14.4. The van der Waals surface area contributed by atoms with E-state index in [2.05, 4.69) is 56.0 Å². The SMILES string of the molecule is CC.CC.Cc1ccc2c3c(ccc2c1)N(c1ccc(F)cc1)c1ccc(F)cc1C3(C)C. The van der Waals surface area contributed by atoms with Crippen LogP contribution in [0.1, 0.15) is 58.2 Å². The number of halogens is 2. The third kappa shape index (κ3) is 4.25. The van der Waals surface area contributed by atoms with E-state index >= 15 is 0 Å². The lowest BCUT2D eigenvalue weighted by atomic mass is 9.71. The third-order valence-corrected chi connectivity index (χ3v) is 5.98. The van der Waals surface area contributed by atoms with E-state index in [0.29, 0.717) is 0 Å². The fraction of sp³-hybridized carbons (Fsp3) is 0.267. The fourth-order valence-electron chi connectivity index (χ4n) is 4.62. The first-order valence-corrected chi connectivity index (χ1v) is 11.8. The number of benzene rings is 4. The molecule has 172 valence electrons. The van der Waals surface area contributed by atoms with E-state index in [9.17, 15) is 8.78 Å². The number of anilines is 3. The highest BCUT2D eigenvalue weighted by Crippen LogP contribution is 2.53. The molecule has 0 aromatic heterocycles. The summed E-state index contributed by atoms with van der Waals surface area (Å²) < 4.78 is 27.9. The number of hydrogen-bond acceptors (Lipinski definition) is 1. The van der Waals surface area contributed by atoms with E-state index < -0.39 is 5.41 Å². The molecule has 4 aromatic carbocycles. The number of aryl methyl sites for hydroxylation is 1. The van der Waals surface area contributed by atoms with Crippen molar-refractivity contribution in [2.75, 3.05) is 4.90 Å². The van der Waals surface area contributed by atoms with Gasteiger partial charge in [0.05, 0.1) is 11.4 Å². The molecule has 0 saturated heterocycles. The molecule has 0 unspecified atom stereocenters. The van der Waals surface area contributed by atoms with Crippen LogP contribution in [0.5, 0.6) is 0 Å². The minimum absolute atomic E-state index is 0.254. The maximum Gasteiger partial charge on any atom is 0.123 e. The van der Waals surface area contributed by atoms with Gasteiger partial charge in [-0.05, 0) is 77.4 Å². The first-order chi connectivity index (χ1) is 15.9. The fourth-order valence-corrected chi connectivity index (χ4v) is 4.62. The second kappa shape index (κ2) is 9.74. The summed E-state index contributed by atoms with van der Waals surface area (Å²) in [6.07, 6.45) is 0. The van der Waals surface area contributed by atoms with E-state index in [-0.39, 0.29) is 11.6 Å². The minimum Gasteiger partial charge on any atom is -0.310 e. The maximum absolute atomic E-state index is 14.3. The van der Waals surface area contributed by atoms with Crippen LogP contribution in [0, 0.1) is 18.6 Å². The molecule has 1 nitrogen and oxygen atoms in total. The van der Waals surface area contributed by atoms with Gasteiger partial charge in [-0.15, -0.1) is 0 Å². The van der Waals surface area contributed by atoms with Crippen LogP contribution < -0.4 is 4.90 Å². The second-order valence-corrected chi connectivity index (χ2v) is 8.28. The number of nitrogens with zero attached hydrogens (tertiary/aromatic N) is 1. The zero-order valence-electron chi connectivity index (χ0n) is 20.6. The summed E-state index contributed by atoms with van der Waals surface area (Å²) in [6, 6.07) is 22.1. The molecule has 0 saturated carbocycles. The van der Waals surface area contributed by atoms with Gasteiger partial charge in [0.15, 0.2) is 0 Å². The van der Waals surface area contributed by atoms with Gasteiger partial charge in [-0.2, -0.15) is 0 Å². The summed E-state index contributed by atoms with van der Waals surface area (Å²) >= 11 is 0. The molecule has 0 aliphatic carbocycles. The Balaban J connectivity index is 0.000000728. The van der Waals surface area contributed by atoms with Crippen LogP contribution in [0.2, 0.25) is 0 Å². The van der Waals surface area contributed by atoms with Gasteiger partial charge in [-0.25, -0.2) is 8.78 Å². The number of rotatable bonds is 1. The lowest BCUT2D eigenvalue weighted by molar-refractivity contribution is 0.599. The van der Waals surface area contributed by atoms with Gasteiger partial charge >= 0.3 is 0 Å². The van der Waals surface area contributed by atoms with E-state index in [1.165, 1.54) is 23.8 Å². The molecule has 1 heterocycles. The highest BCUT2D eigenvalue weighted by atomic mass is 19.1. The molecule has 0 amide bonds. The van der Waals surface area contributed by atoms with Crippen LogP contribution in [-0.2, 0) is 5.41 Å². The van der Waals surface area contributed by atoms with Gasteiger partial charge in [0, 0.05) is 11.1 Å². The molecule has 1 aliphatic heterocycles. The van der Waals surface area contributed by atoms with Crippen LogP contribution >= 0.6 is 0 Å². The molecular formula is C30H33F2N. The Morgan fingerprint density at radius 3 is 1.94 bits per heavy atom. The van der Waals surface area contributed by atoms with Crippen molar-refractivity contribution in [3.8, 4) is 0 Å². The highest BCUT2D eigenvalue weighted by Gasteiger charge is 2.38. The summed E-state index contributed by atoms with van der Waals surface area (Å²) in [5, 5.41) is 2.32. The predicted octanol–water partition coefficient (Wildman–Crippen LogP) is 9.59. The van der Waals surface area contributed by atoms with Crippen molar-refractivity contribution in [2.24, 2.45) is 0 Å². The largest absolute Gasteiger partial charge is 0.310 e. The minimum atomic E-state index is -0.391. The standard InChI is InChI=1S/C26H21F2N.2C2H6/c1-16-4-11-21-17(14-16)5-12-24-25(21)26(2,3)22-15-19(28)8-13-23(22)29(24)20-9-6-18(27)7-10-20;2*1-2/h4-15H,1-3H3;2*1-2H3. The molecule has 33 heavy (non-hydrogen) atoms. The molecule has 1 aliphatic rings. The van der Waals surface area contributed by atoms with Crippen molar-refractivity contribution < 1.29 is 8.78 Å². The van der Waals surface area contributed by atoms with Crippen molar-refractivity contribution in [1.29, 1.82) is 0 Å². The van der Waals surface area contributed by atoms with Gasteiger partial charge in [-0.3, -0.25) is 0 Å². The Kier molecular flexibility index (Phi) is 7.22. The van der Waals surface area contributed by atoms with E-state index in [4.69, 9.17) is 0 Å². The zero-order valence-corrected chi connectivity index (χ0v) is 20.6. The molecule has 0 N–H and O–H groups in total.